The first kappa shape index (κ1) is 24.8. The molecule has 4 heterocycles. The molecule has 0 bridgehead atoms. The predicted molar refractivity (Wildman–Crippen MR) is 145 cm³/mol. The number of imidazole rings is 1. The van der Waals surface area contributed by atoms with Crippen LogP contribution in [0.15, 0.2) is 59.7 Å². The number of benzene rings is 2. The lowest BCUT2D eigenvalue weighted by atomic mass is 10.1. The van der Waals surface area contributed by atoms with E-state index < -0.39 is 5.82 Å². The predicted octanol–water partition coefficient (Wildman–Crippen LogP) is 4.38. The molecule has 0 amide bonds. The number of nitrogens with zero attached hydrogens (tertiary/aromatic N) is 7. The number of aryl methyl sites for hydroxylation is 1. The number of rotatable bonds is 8. The highest BCUT2D eigenvalue weighted by Crippen LogP contribution is 2.25. The summed E-state index contributed by atoms with van der Waals surface area (Å²) in [4.78, 5) is 11.5. The van der Waals surface area contributed by atoms with Gasteiger partial charge in [0.1, 0.15) is 30.4 Å². The molecule has 0 N–H and O–H groups in total. The minimum absolute atomic E-state index is 0.0161. The van der Waals surface area contributed by atoms with E-state index in [9.17, 15) is 4.39 Å². The van der Waals surface area contributed by atoms with Crippen LogP contribution in [0.1, 0.15) is 28.9 Å². The van der Waals surface area contributed by atoms with E-state index >= 15 is 0 Å². The smallest absolute Gasteiger partial charge is 0.215 e. The van der Waals surface area contributed by atoms with Crippen molar-refractivity contribution in [2.75, 3.05) is 24.6 Å². The summed E-state index contributed by atoms with van der Waals surface area (Å²) in [6.07, 6.45) is 3.07. The number of para-hydroxylation sites is 1. The molecule has 0 aliphatic carbocycles. The lowest BCUT2D eigenvalue weighted by Gasteiger charge is -2.30. The number of pyridine rings is 1. The quantitative estimate of drug-likeness (QED) is 0.337. The third kappa shape index (κ3) is 5.26. The molecule has 0 radical (unpaired) electrons. The first-order chi connectivity index (χ1) is 19.1. The average molecular weight is 526 g/mol. The Labute approximate surface area is 225 Å². The van der Waals surface area contributed by atoms with E-state index in [1.54, 1.807) is 24.5 Å². The van der Waals surface area contributed by atoms with Crippen LogP contribution in [-0.4, -0.2) is 51.7 Å². The Hall–Kier alpha value is -4.49. The molecule has 2 aromatic heterocycles. The molecule has 2 aliphatic rings. The van der Waals surface area contributed by atoms with E-state index in [1.165, 1.54) is 6.07 Å². The molecule has 1 saturated heterocycles. The summed E-state index contributed by atoms with van der Waals surface area (Å²) in [7, 11) is 0. The number of anilines is 1. The van der Waals surface area contributed by atoms with Gasteiger partial charge < -0.3 is 18.9 Å². The third-order valence-electron chi connectivity index (χ3n) is 7.08. The maximum Gasteiger partial charge on any atom is 0.215 e. The zero-order valence-corrected chi connectivity index (χ0v) is 21.6. The number of fused-ring (bicyclic) bond motifs is 1. The summed E-state index contributed by atoms with van der Waals surface area (Å²) < 4.78 is 27.9. The standard InChI is InChI=1S/C29H28FN7O2/c1-20-4-2-5-25-29(20)34-27(37(25)16-23-10-13-38-23)17-36-12-11-35(19-32-36)26-6-3-7-28(33-26)39-18-22-9-8-21(15-31)14-24(22)30/h2-9,14,19,23H,10-13,16-18H2,1H3/t23-/m0/s1. The van der Waals surface area contributed by atoms with Gasteiger partial charge in [0.25, 0.3) is 0 Å². The number of halogens is 1. The van der Waals surface area contributed by atoms with Gasteiger partial charge in [-0.1, -0.05) is 24.3 Å². The lowest BCUT2D eigenvalue weighted by molar-refractivity contribution is -0.0592. The van der Waals surface area contributed by atoms with Gasteiger partial charge in [0, 0.05) is 24.8 Å². The summed E-state index contributed by atoms with van der Waals surface area (Å²) in [6, 6.07) is 18.0. The molecule has 0 saturated carbocycles. The highest BCUT2D eigenvalue weighted by Gasteiger charge is 2.24. The van der Waals surface area contributed by atoms with Crippen molar-refractivity contribution < 1.29 is 13.9 Å². The Morgan fingerprint density at radius 2 is 2.00 bits per heavy atom. The highest BCUT2D eigenvalue weighted by molar-refractivity contribution is 5.80. The molecule has 10 heteroatoms. The van der Waals surface area contributed by atoms with E-state index in [1.807, 2.05) is 28.1 Å². The Bertz CT molecular complexity index is 1570. The van der Waals surface area contributed by atoms with Crippen LogP contribution >= 0.6 is 0 Å². The second kappa shape index (κ2) is 10.7. The van der Waals surface area contributed by atoms with Crippen LogP contribution in [0.3, 0.4) is 0 Å². The van der Waals surface area contributed by atoms with Crippen LogP contribution in [0.5, 0.6) is 5.88 Å². The summed E-state index contributed by atoms with van der Waals surface area (Å²) in [5.74, 6) is 1.58. The molecule has 198 valence electrons. The van der Waals surface area contributed by atoms with Crippen LogP contribution in [0.2, 0.25) is 0 Å². The normalized spacial score (nSPS) is 16.8. The SMILES string of the molecule is Cc1cccc2c1nc(CN1CCN(c3cccc(OCc4ccc(C#N)cc4F)n3)C=N1)n2C[C@@H]1CCO1. The van der Waals surface area contributed by atoms with Gasteiger partial charge in [0.05, 0.1) is 48.4 Å². The minimum atomic E-state index is -0.475. The van der Waals surface area contributed by atoms with E-state index in [0.717, 1.165) is 42.0 Å². The summed E-state index contributed by atoms with van der Waals surface area (Å²) in [5.41, 5.74) is 3.95. The fraction of sp³-hybridized carbons (Fsp3) is 0.310. The Morgan fingerprint density at radius 1 is 1.13 bits per heavy atom. The molecule has 1 atom stereocenters. The zero-order valence-electron chi connectivity index (χ0n) is 21.6. The summed E-state index contributed by atoms with van der Waals surface area (Å²) >= 11 is 0. The number of nitriles is 1. The maximum absolute atomic E-state index is 14.2. The van der Waals surface area contributed by atoms with Crippen molar-refractivity contribution in [2.24, 2.45) is 5.10 Å². The monoisotopic (exact) mass is 525 g/mol. The molecular weight excluding hydrogens is 497 g/mol. The van der Waals surface area contributed by atoms with Gasteiger partial charge in [-0.25, -0.2) is 9.37 Å². The molecule has 0 unspecified atom stereocenters. The Morgan fingerprint density at radius 3 is 2.74 bits per heavy atom. The molecule has 9 nitrogen and oxygen atoms in total. The van der Waals surface area contributed by atoms with Crippen molar-refractivity contribution in [2.45, 2.75) is 39.1 Å². The number of ether oxygens (including phenoxy) is 2. The molecule has 4 aromatic rings. The molecule has 39 heavy (non-hydrogen) atoms. The molecule has 2 aliphatic heterocycles. The van der Waals surface area contributed by atoms with Crippen molar-refractivity contribution in [3.8, 4) is 11.9 Å². The highest BCUT2D eigenvalue weighted by atomic mass is 19.1. The van der Waals surface area contributed by atoms with Gasteiger partial charge >= 0.3 is 0 Å². The van der Waals surface area contributed by atoms with E-state index in [-0.39, 0.29) is 18.3 Å². The Balaban J connectivity index is 1.13. The maximum atomic E-state index is 14.2. The molecular formula is C29H28FN7O2. The average Bonchev–Trinajstić information content (AvgIpc) is 3.28. The minimum Gasteiger partial charge on any atom is -0.473 e. The second-order valence-corrected chi connectivity index (χ2v) is 9.72. The first-order valence-electron chi connectivity index (χ1n) is 13.0. The topological polar surface area (TPSA) is 91.8 Å². The molecule has 0 spiro atoms. The van der Waals surface area contributed by atoms with Crippen molar-refractivity contribution in [3.05, 3.63) is 82.9 Å². The van der Waals surface area contributed by atoms with Crippen LogP contribution in [0.4, 0.5) is 10.2 Å². The van der Waals surface area contributed by atoms with Crippen LogP contribution in [0.25, 0.3) is 11.0 Å². The fourth-order valence-corrected chi connectivity index (χ4v) is 4.75. The number of hydrogen-bond acceptors (Lipinski definition) is 8. The van der Waals surface area contributed by atoms with Crippen LogP contribution in [0, 0.1) is 24.1 Å². The molecule has 1 fully saturated rings. The van der Waals surface area contributed by atoms with E-state index in [0.29, 0.717) is 36.9 Å². The fourth-order valence-electron chi connectivity index (χ4n) is 4.75. The second-order valence-electron chi connectivity index (χ2n) is 9.72. The van der Waals surface area contributed by atoms with Crippen molar-refractivity contribution in [1.29, 1.82) is 5.26 Å². The van der Waals surface area contributed by atoms with Gasteiger partial charge in [-0.15, -0.1) is 0 Å². The van der Waals surface area contributed by atoms with Crippen molar-refractivity contribution >= 4 is 23.2 Å². The van der Waals surface area contributed by atoms with E-state index in [4.69, 9.17) is 19.7 Å². The Kier molecular flexibility index (Phi) is 6.82. The van der Waals surface area contributed by atoms with Gasteiger partial charge in [0.15, 0.2) is 0 Å². The molecule has 6 rings (SSSR count). The number of aromatic nitrogens is 3. The van der Waals surface area contributed by atoms with Crippen molar-refractivity contribution in [1.82, 2.24) is 19.5 Å². The van der Waals surface area contributed by atoms with Crippen LogP contribution in [-0.2, 0) is 24.4 Å². The summed E-state index contributed by atoms with van der Waals surface area (Å²) in [5, 5.41) is 15.6. The van der Waals surface area contributed by atoms with E-state index in [2.05, 4.69) is 39.8 Å². The van der Waals surface area contributed by atoms with Gasteiger partial charge in [-0.2, -0.15) is 15.3 Å². The first-order valence-corrected chi connectivity index (χ1v) is 13.0. The largest absolute Gasteiger partial charge is 0.473 e. The number of hydrogen-bond donors (Lipinski definition) is 0. The summed E-state index contributed by atoms with van der Waals surface area (Å²) in [6.45, 7) is 5.70. The number of hydrazone groups is 1. The van der Waals surface area contributed by atoms with Gasteiger partial charge in [-0.05, 0) is 43.2 Å². The van der Waals surface area contributed by atoms with Crippen LogP contribution < -0.4 is 9.64 Å². The third-order valence-corrected chi connectivity index (χ3v) is 7.08. The van der Waals surface area contributed by atoms with Crippen molar-refractivity contribution in [3.63, 3.8) is 0 Å². The zero-order chi connectivity index (χ0) is 26.8. The van der Waals surface area contributed by atoms with Gasteiger partial charge in [0.2, 0.25) is 5.88 Å². The lowest BCUT2D eigenvalue weighted by Crippen LogP contribution is -2.38. The molecule has 2 aromatic carbocycles. The van der Waals surface area contributed by atoms with Gasteiger partial charge in [-0.3, -0.25) is 5.01 Å².